The number of hydrogen-bond acceptors (Lipinski definition) is 1. The molecule has 1 heteroatoms. The topological polar surface area (TPSA) is 9.23 Å². The zero-order chi connectivity index (χ0) is 8.74. The summed E-state index contributed by atoms with van der Waals surface area (Å²) in [5, 5.41) is 0. The average Bonchev–Trinajstić information content (AvgIpc) is 2.04. The van der Waals surface area contributed by atoms with E-state index in [0.717, 1.165) is 6.42 Å². The van der Waals surface area contributed by atoms with Crippen LogP contribution in [0.15, 0.2) is 0 Å². The Balaban J connectivity index is 3.96. The molecule has 0 radical (unpaired) electrons. The Hall–Kier alpha value is -0.0400. The van der Waals surface area contributed by atoms with E-state index in [9.17, 15) is 0 Å². The SMILES string of the molecule is CCCC(CC)(CCC)OC. The maximum absolute atomic E-state index is 5.57. The van der Waals surface area contributed by atoms with E-state index in [2.05, 4.69) is 20.8 Å². The van der Waals surface area contributed by atoms with Gasteiger partial charge in [0.2, 0.25) is 0 Å². The first-order chi connectivity index (χ1) is 5.24. The standard InChI is InChI=1S/C10H22O/c1-5-8-10(7-3,11-4)9-6-2/h5-9H2,1-4H3. The van der Waals surface area contributed by atoms with Crippen molar-refractivity contribution in [3.63, 3.8) is 0 Å². The smallest absolute Gasteiger partial charge is 0.0676 e. The molecule has 0 saturated heterocycles. The van der Waals surface area contributed by atoms with Gasteiger partial charge in [-0.25, -0.2) is 0 Å². The van der Waals surface area contributed by atoms with Crippen LogP contribution in [0.2, 0.25) is 0 Å². The number of rotatable bonds is 6. The van der Waals surface area contributed by atoms with Crippen LogP contribution >= 0.6 is 0 Å². The first-order valence-electron chi connectivity index (χ1n) is 4.79. The van der Waals surface area contributed by atoms with Crippen LogP contribution in [-0.2, 0) is 4.74 Å². The first-order valence-corrected chi connectivity index (χ1v) is 4.79. The van der Waals surface area contributed by atoms with Gasteiger partial charge in [-0.3, -0.25) is 0 Å². The van der Waals surface area contributed by atoms with Gasteiger partial charge in [0.15, 0.2) is 0 Å². The predicted octanol–water partition coefficient (Wildman–Crippen LogP) is 3.38. The highest BCUT2D eigenvalue weighted by Gasteiger charge is 2.24. The van der Waals surface area contributed by atoms with Crippen molar-refractivity contribution in [3.05, 3.63) is 0 Å². The van der Waals surface area contributed by atoms with E-state index in [-0.39, 0.29) is 5.60 Å². The lowest BCUT2D eigenvalue weighted by Gasteiger charge is -2.30. The molecular formula is C10H22O. The van der Waals surface area contributed by atoms with Gasteiger partial charge in [0.25, 0.3) is 0 Å². The summed E-state index contributed by atoms with van der Waals surface area (Å²) in [7, 11) is 1.84. The third-order valence-corrected chi connectivity index (χ3v) is 2.49. The summed E-state index contributed by atoms with van der Waals surface area (Å²) in [5.41, 5.74) is 0.184. The Morgan fingerprint density at radius 2 is 1.45 bits per heavy atom. The van der Waals surface area contributed by atoms with Crippen LogP contribution in [0.5, 0.6) is 0 Å². The third-order valence-electron chi connectivity index (χ3n) is 2.49. The summed E-state index contributed by atoms with van der Waals surface area (Å²) >= 11 is 0. The lowest BCUT2D eigenvalue weighted by atomic mass is 9.90. The molecule has 0 rings (SSSR count). The van der Waals surface area contributed by atoms with Crippen molar-refractivity contribution in [3.8, 4) is 0 Å². The van der Waals surface area contributed by atoms with E-state index in [0.29, 0.717) is 0 Å². The van der Waals surface area contributed by atoms with E-state index in [4.69, 9.17) is 4.74 Å². The molecule has 1 nitrogen and oxygen atoms in total. The van der Waals surface area contributed by atoms with Crippen LogP contribution < -0.4 is 0 Å². The van der Waals surface area contributed by atoms with Gasteiger partial charge in [0, 0.05) is 7.11 Å². The van der Waals surface area contributed by atoms with Crippen molar-refractivity contribution < 1.29 is 4.74 Å². The fraction of sp³-hybridized carbons (Fsp3) is 1.00. The van der Waals surface area contributed by atoms with Crippen molar-refractivity contribution >= 4 is 0 Å². The van der Waals surface area contributed by atoms with Crippen LogP contribution in [0.3, 0.4) is 0 Å². The van der Waals surface area contributed by atoms with E-state index < -0.39 is 0 Å². The molecule has 0 fully saturated rings. The molecule has 0 saturated carbocycles. The van der Waals surface area contributed by atoms with Crippen molar-refractivity contribution in [2.45, 2.75) is 58.5 Å². The zero-order valence-electron chi connectivity index (χ0n) is 8.44. The van der Waals surface area contributed by atoms with Crippen LogP contribution in [0, 0.1) is 0 Å². The lowest BCUT2D eigenvalue weighted by Crippen LogP contribution is -2.29. The van der Waals surface area contributed by atoms with Gasteiger partial charge in [0.1, 0.15) is 0 Å². The molecular weight excluding hydrogens is 136 g/mol. The molecule has 0 aliphatic carbocycles. The maximum atomic E-state index is 5.57. The minimum atomic E-state index is 0.184. The second-order valence-corrected chi connectivity index (χ2v) is 3.24. The average molecular weight is 158 g/mol. The second kappa shape index (κ2) is 5.59. The van der Waals surface area contributed by atoms with Gasteiger partial charge < -0.3 is 4.74 Å². The first kappa shape index (κ1) is 11.0. The van der Waals surface area contributed by atoms with E-state index in [1.165, 1.54) is 25.7 Å². The number of methoxy groups -OCH3 is 1. The van der Waals surface area contributed by atoms with Gasteiger partial charge in [0.05, 0.1) is 5.60 Å². The summed E-state index contributed by atoms with van der Waals surface area (Å²) < 4.78 is 5.57. The molecule has 11 heavy (non-hydrogen) atoms. The zero-order valence-corrected chi connectivity index (χ0v) is 8.44. The fourth-order valence-corrected chi connectivity index (χ4v) is 1.74. The Morgan fingerprint density at radius 3 is 1.64 bits per heavy atom. The van der Waals surface area contributed by atoms with Crippen molar-refractivity contribution in [2.24, 2.45) is 0 Å². The molecule has 0 bridgehead atoms. The normalized spacial score (nSPS) is 12.0. The summed E-state index contributed by atoms with van der Waals surface area (Å²) in [4.78, 5) is 0. The molecule has 0 unspecified atom stereocenters. The van der Waals surface area contributed by atoms with Crippen LogP contribution in [0.25, 0.3) is 0 Å². The van der Waals surface area contributed by atoms with Crippen LogP contribution in [0.4, 0.5) is 0 Å². The molecule has 0 aliphatic heterocycles. The fourth-order valence-electron chi connectivity index (χ4n) is 1.74. The second-order valence-electron chi connectivity index (χ2n) is 3.24. The molecule has 0 N–H and O–H groups in total. The quantitative estimate of drug-likeness (QED) is 0.576. The van der Waals surface area contributed by atoms with Crippen molar-refractivity contribution in [1.29, 1.82) is 0 Å². The number of ether oxygens (including phenoxy) is 1. The van der Waals surface area contributed by atoms with Gasteiger partial charge in [-0.2, -0.15) is 0 Å². The lowest BCUT2D eigenvalue weighted by molar-refractivity contribution is -0.0284. The molecule has 0 aromatic rings. The van der Waals surface area contributed by atoms with Gasteiger partial charge in [-0.05, 0) is 19.3 Å². The molecule has 0 spiro atoms. The Kier molecular flexibility index (Phi) is 5.57. The minimum absolute atomic E-state index is 0.184. The summed E-state index contributed by atoms with van der Waals surface area (Å²) in [6, 6.07) is 0. The van der Waals surface area contributed by atoms with Crippen LogP contribution in [-0.4, -0.2) is 12.7 Å². The van der Waals surface area contributed by atoms with E-state index in [1.54, 1.807) is 0 Å². The summed E-state index contributed by atoms with van der Waals surface area (Å²) in [5.74, 6) is 0. The molecule has 0 atom stereocenters. The third kappa shape index (κ3) is 3.24. The van der Waals surface area contributed by atoms with Gasteiger partial charge in [-0.15, -0.1) is 0 Å². The Labute approximate surface area is 71.1 Å². The van der Waals surface area contributed by atoms with E-state index >= 15 is 0 Å². The summed E-state index contributed by atoms with van der Waals surface area (Å²) in [6.07, 6.45) is 6.00. The van der Waals surface area contributed by atoms with E-state index in [1.807, 2.05) is 7.11 Å². The molecule has 0 heterocycles. The highest BCUT2D eigenvalue weighted by Crippen LogP contribution is 2.26. The molecule has 68 valence electrons. The summed E-state index contributed by atoms with van der Waals surface area (Å²) in [6.45, 7) is 6.66. The van der Waals surface area contributed by atoms with Crippen molar-refractivity contribution in [2.75, 3.05) is 7.11 Å². The Morgan fingerprint density at radius 1 is 1.00 bits per heavy atom. The van der Waals surface area contributed by atoms with Gasteiger partial charge in [-0.1, -0.05) is 33.6 Å². The Bertz CT molecular complexity index is 76.9. The van der Waals surface area contributed by atoms with Crippen LogP contribution in [0.1, 0.15) is 52.9 Å². The highest BCUT2D eigenvalue weighted by atomic mass is 16.5. The predicted molar refractivity (Wildman–Crippen MR) is 49.8 cm³/mol. The minimum Gasteiger partial charge on any atom is -0.378 e. The molecule has 0 aliphatic rings. The maximum Gasteiger partial charge on any atom is 0.0676 e. The monoisotopic (exact) mass is 158 g/mol. The molecule has 0 aromatic heterocycles. The highest BCUT2D eigenvalue weighted by molar-refractivity contribution is 4.77. The number of hydrogen-bond donors (Lipinski definition) is 0. The molecule has 0 amide bonds. The van der Waals surface area contributed by atoms with Gasteiger partial charge >= 0.3 is 0 Å². The van der Waals surface area contributed by atoms with Crippen molar-refractivity contribution in [1.82, 2.24) is 0 Å². The largest absolute Gasteiger partial charge is 0.378 e. The molecule has 0 aromatic carbocycles.